The molecule has 1 atom stereocenters. The molecule has 4 rings (SSSR count). The molecule has 0 spiro atoms. The third-order valence-corrected chi connectivity index (χ3v) is 4.35. The van der Waals surface area contributed by atoms with Gasteiger partial charge in [-0.25, -0.2) is 0 Å². The van der Waals surface area contributed by atoms with E-state index in [-0.39, 0.29) is 12.1 Å². The minimum absolute atomic E-state index is 0.0441. The lowest BCUT2D eigenvalue weighted by Gasteiger charge is -2.38. The molecule has 0 radical (unpaired) electrons. The number of pyridine rings is 1. The maximum atomic E-state index is 13.2. The second-order valence-electron chi connectivity index (χ2n) is 5.98. The largest absolute Gasteiger partial charge is 0.494 e. The van der Waals surface area contributed by atoms with E-state index in [1.807, 2.05) is 67.6 Å². The molecule has 1 aliphatic rings. The highest BCUT2D eigenvalue weighted by Gasteiger charge is 2.34. The van der Waals surface area contributed by atoms with Crippen LogP contribution in [0.15, 0.2) is 73.1 Å². The summed E-state index contributed by atoms with van der Waals surface area (Å²) in [6.07, 6.45) is 3.17. The number of nitrogens with zero attached hydrogens (tertiary/aromatic N) is 2. The lowest BCUT2D eigenvalue weighted by atomic mass is 10.0. The van der Waals surface area contributed by atoms with Gasteiger partial charge < -0.3 is 10.1 Å². The van der Waals surface area contributed by atoms with Crippen LogP contribution in [-0.4, -0.2) is 17.5 Å². The number of anilines is 2. The van der Waals surface area contributed by atoms with Gasteiger partial charge in [0.15, 0.2) is 0 Å². The SMILES string of the molecule is CCOc1ccc(N2C(=O)c3ccccc3N[C@H]2c2cccnc2)cc1. The molecule has 0 saturated carbocycles. The molecule has 2 heterocycles. The topological polar surface area (TPSA) is 54.5 Å². The molecule has 130 valence electrons. The Hall–Kier alpha value is -3.34. The van der Waals surface area contributed by atoms with Crippen LogP contribution in [0, 0.1) is 0 Å². The number of nitrogens with one attached hydrogen (secondary N) is 1. The Bertz CT molecular complexity index is 910. The highest BCUT2D eigenvalue weighted by molar-refractivity contribution is 6.12. The highest BCUT2D eigenvalue weighted by Crippen LogP contribution is 2.36. The van der Waals surface area contributed by atoms with Crippen molar-refractivity contribution in [2.75, 3.05) is 16.8 Å². The number of benzene rings is 2. The van der Waals surface area contributed by atoms with Gasteiger partial charge in [0.05, 0.1) is 12.2 Å². The van der Waals surface area contributed by atoms with Crippen molar-refractivity contribution in [3.63, 3.8) is 0 Å². The number of carbonyl (C=O) groups excluding carboxylic acids is 1. The molecule has 1 amide bonds. The first kappa shape index (κ1) is 16.1. The van der Waals surface area contributed by atoms with Crippen molar-refractivity contribution in [1.82, 2.24) is 4.98 Å². The van der Waals surface area contributed by atoms with E-state index < -0.39 is 0 Å². The summed E-state index contributed by atoms with van der Waals surface area (Å²) < 4.78 is 5.51. The Morgan fingerprint density at radius 2 is 1.88 bits per heavy atom. The Morgan fingerprint density at radius 3 is 2.62 bits per heavy atom. The zero-order chi connectivity index (χ0) is 17.9. The van der Waals surface area contributed by atoms with Gasteiger partial charge in [0, 0.05) is 29.3 Å². The summed E-state index contributed by atoms with van der Waals surface area (Å²) in [5.74, 6) is 0.740. The monoisotopic (exact) mass is 345 g/mol. The van der Waals surface area contributed by atoms with Gasteiger partial charge in [-0.2, -0.15) is 0 Å². The van der Waals surface area contributed by atoms with Crippen LogP contribution < -0.4 is 15.0 Å². The molecule has 3 aromatic rings. The van der Waals surface area contributed by atoms with Crippen LogP contribution >= 0.6 is 0 Å². The number of ether oxygens (including phenoxy) is 1. The van der Waals surface area contributed by atoms with Gasteiger partial charge in [-0.1, -0.05) is 18.2 Å². The van der Waals surface area contributed by atoms with Gasteiger partial charge in [0.25, 0.3) is 5.91 Å². The first-order chi connectivity index (χ1) is 12.8. The third-order valence-electron chi connectivity index (χ3n) is 4.35. The maximum Gasteiger partial charge on any atom is 0.262 e. The average Bonchev–Trinajstić information content (AvgIpc) is 2.70. The van der Waals surface area contributed by atoms with Crippen molar-refractivity contribution in [3.05, 3.63) is 84.2 Å². The molecule has 1 aromatic heterocycles. The van der Waals surface area contributed by atoms with Crippen LogP contribution in [0.2, 0.25) is 0 Å². The quantitative estimate of drug-likeness (QED) is 0.768. The molecule has 2 aromatic carbocycles. The van der Waals surface area contributed by atoms with E-state index in [4.69, 9.17) is 4.74 Å². The molecule has 5 nitrogen and oxygen atoms in total. The fraction of sp³-hybridized carbons (Fsp3) is 0.143. The van der Waals surface area contributed by atoms with Gasteiger partial charge in [0.1, 0.15) is 11.9 Å². The number of carbonyl (C=O) groups is 1. The summed E-state index contributed by atoms with van der Waals surface area (Å²) >= 11 is 0. The van der Waals surface area contributed by atoms with Crippen LogP contribution in [0.25, 0.3) is 0 Å². The van der Waals surface area contributed by atoms with Crippen molar-refractivity contribution in [2.24, 2.45) is 0 Å². The smallest absolute Gasteiger partial charge is 0.262 e. The molecular formula is C21H19N3O2. The van der Waals surface area contributed by atoms with Gasteiger partial charge >= 0.3 is 0 Å². The zero-order valence-electron chi connectivity index (χ0n) is 14.4. The lowest BCUT2D eigenvalue weighted by Crippen LogP contribution is -2.43. The number of hydrogen-bond acceptors (Lipinski definition) is 4. The molecule has 0 unspecified atom stereocenters. The number of para-hydroxylation sites is 1. The van der Waals surface area contributed by atoms with Gasteiger partial charge in [-0.15, -0.1) is 0 Å². The summed E-state index contributed by atoms with van der Waals surface area (Å²) in [6, 6.07) is 19.0. The van der Waals surface area contributed by atoms with Crippen molar-refractivity contribution >= 4 is 17.3 Å². The summed E-state index contributed by atoms with van der Waals surface area (Å²) in [7, 11) is 0. The van der Waals surface area contributed by atoms with E-state index >= 15 is 0 Å². The van der Waals surface area contributed by atoms with E-state index in [1.54, 1.807) is 17.3 Å². The van der Waals surface area contributed by atoms with E-state index in [2.05, 4.69) is 10.3 Å². The molecule has 0 fully saturated rings. The van der Waals surface area contributed by atoms with E-state index in [0.717, 1.165) is 22.7 Å². The molecule has 5 heteroatoms. The Balaban J connectivity index is 1.79. The zero-order valence-corrected chi connectivity index (χ0v) is 14.4. The predicted molar refractivity (Wildman–Crippen MR) is 101 cm³/mol. The number of aromatic nitrogens is 1. The molecule has 26 heavy (non-hydrogen) atoms. The third kappa shape index (κ3) is 2.88. The number of rotatable bonds is 4. The summed E-state index contributed by atoms with van der Waals surface area (Å²) in [5.41, 5.74) is 3.20. The van der Waals surface area contributed by atoms with E-state index in [0.29, 0.717) is 12.2 Å². The first-order valence-electron chi connectivity index (χ1n) is 8.60. The number of fused-ring (bicyclic) bond motifs is 1. The molecular weight excluding hydrogens is 326 g/mol. The highest BCUT2D eigenvalue weighted by atomic mass is 16.5. The molecule has 0 aliphatic carbocycles. The molecule has 1 aliphatic heterocycles. The average molecular weight is 345 g/mol. The van der Waals surface area contributed by atoms with Crippen molar-refractivity contribution in [3.8, 4) is 5.75 Å². The van der Waals surface area contributed by atoms with E-state index in [1.165, 1.54) is 0 Å². The normalized spacial score (nSPS) is 16.0. The Morgan fingerprint density at radius 1 is 1.08 bits per heavy atom. The molecule has 0 saturated heterocycles. The summed E-state index contributed by atoms with van der Waals surface area (Å²) in [5, 5.41) is 3.47. The van der Waals surface area contributed by atoms with Crippen LogP contribution in [0.5, 0.6) is 5.75 Å². The van der Waals surface area contributed by atoms with Crippen molar-refractivity contribution in [1.29, 1.82) is 0 Å². The van der Waals surface area contributed by atoms with Crippen LogP contribution in [0.1, 0.15) is 29.0 Å². The Kier molecular flexibility index (Phi) is 4.27. The van der Waals surface area contributed by atoms with Crippen molar-refractivity contribution < 1.29 is 9.53 Å². The summed E-state index contributed by atoms with van der Waals surface area (Å²) in [4.78, 5) is 19.2. The second kappa shape index (κ2) is 6.88. The minimum atomic E-state index is -0.330. The standard InChI is InChI=1S/C21H19N3O2/c1-2-26-17-11-9-16(10-12-17)24-20(15-6-5-13-22-14-15)23-19-8-4-3-7-18(19)21(24)25/h3-14,20,23H,2H2,1H3/t20-/m1/s1. The Labute approximate surface area is 152 Å². The van der Waals surface area contributed by atoms with Crippen LogP contribution in [-0.2, 0) is 0 Å². The van der Waals surface area contributed by atoms with Gasteiger partial charge in [-0.3, -0.25) is 14.7 Å². The number of hydrogen-bond donors (Lipinski definition) is 1. The maximum absolute atomic E-state index is 13.2. The van der Waals surface area contributed by atoms with Crippen molar-refractivity contribution in [2.45, 2.75) is 13.1 Å². The predicted octanol–water partition coefficient (Wildman–Crippen LogP) is 4.25. The fourth-order valence-corrected chi connectivity index (χ4v) is 3.16. The molecule has 0 bridgehead atoms. The fourth-order valence-electron chi connectivity index (χ4n) is 3.16. The molecule has 1 N–H and O–H groups in total. The lowest BCUT2D eigenvalue weighted by molar-refractivity contribution is 0.0975. The summed E-state index contributed by atoms with van der Waals surface area (Å²) in [6.45, 7) is 2.55. The van der Waals surface area contributed by atoms with E-state index in [9.17, 15) is 4.79 Å². The number of amides is 1. The van der Waals surface area contributed by atoms with Gasteiger partial charge in [0.2, 0.25) is 0 Å². The second-order valence-corrected chi connectivity index (χ2v) is 5.98. The van der Waals surface area contributed by atoms with Crippen LogP contribution in [0.3, 0.4) is 0 Å². The van der Waals surface area contributed by atoms with Crippen LogP contribution in [0.4, 0.5) is 11.4 Å². The first-order valence-corrected chi connectivity index (χ1v) is 8.60. The minimum Gasteiger partial charge on any atom is -0.494 e. The van der Waals surface area contributed by atoms with Gasteiger partial charge in [-0.05, 0) is 49.4 Å².